The molecule has 29 heavy (non-hydrogen) atoms. The third-order valence-corrected chi connectivity index (χ3v) is 5.89. The van der Waals surface area contributed by atoms with Crippen LogP contribution in [0.1, 0.15) is 16.2 Å². The molecule has 0 N–H and O–H groups in total. The van der Waals surface area contributed by atoms with E-state index in [9.17, 15) is 4.79 Å². The summed E-state index contributed by atoms with van der Waals surface area (Å²) in [6, 6.07) is 19.1. The summed E-state index contributed by atoms with van der Waals surface area (Å²) in [4.78, 5) is 12.2. The van der Waals surface area contributed by atoms with E-state index in [0.717, 1.165) is 16.5 Å². The van der Waals surface area contributed by atoms with Gasteiger partial charge in [0.2, 0.25) is 5.89 Å². The van der Waals surface area contributed by atoms with E-state index in [4.69, 9.17) is 4.42 Å². The molecule has 0 fully saturated rings. The fourth-order valence-electron chi connectivity index (χ4n) is 2.60. The van der Waals surface area contributed by atoms with Crippen LogP contribution >= 0.6 is 23.5 Å². The van der Waals surface area contributed by atoms with Gasteiger partial charge in [0.05, 0.1) is 11.5 Å². The van der Waals surface area contributed by atoms with Gasteiger partial charge in [-0.1, -0.05) is 84.2 Å². The van der Waals surface area contributed by atoms with E-state index in [1.165, 1.54) is 23.5 Å². The Labute approximate surface area is 175 Å². The van der Waals surface area contributed by atoms with Crippen molar-refractivity contribution in [3.05, 3.63) is 72.1 Å². The normalized spacial score (nSPS) is 10.9. The monoisotopic (exact) mass is 423 g/mol. The van der Waals surface area contributed by atoms with E-state index in [-0.39, 0.29) is 11.5 Å². The van der Waals surface area contributed by atoms with Gasteiger partial charge in [-0.25, -0.2) is 0 Å². The lowest BCUT2D eigenvalue weighted by Gasteiger charge is -2.02. The number of ketones is 1. The first-order chi connectivity index (χ1) is 14.2. The zero-order valence-electron chi connectivity index (χ0n) is 15.6. The first-order valence-electron chi connectivity index (χ1n) is 8.82. The highest BCUT2D eigenvalue weighted by molar-refractivity contribution is 7.99. The van der Waals surface area contributed by atoms with Gasteiger partial charge >= 0.3 is 0 Å². The molecule has 4 aromatic rings. The van der Waals surface area contributed by atoms with E-state index >= 15 is 0 Å². The third kappa shape index (κ3) is 4.75. The number of Topliss-reactive ketones (excluding diaryl/α,β-unsaturated/α-hetero) is 1. The van der Waals surface area contributed by atoms with Crippen molar-refractivity contribution >= 4 is 29.3 Å². The zero-order chi connectivity index (χ0) is 20.1. The van der Waals surface area contributed by atoms with Crippen LogP contribution in [-0.4, -0.2) is 36.5 Å². The molecule has 7 nitrogen and oxygen atoms in total. The maximum atomic E-state index is 12.2. The molecule has 0 bridgehead atoms. The fourth-order valence-corrected chi connectivity index (χ4v) is 4.02. The lowest BCUT2D eigenvalue weighted by atomic mass is 10.2. The summed E-state index contributed by atoms with van der Waals surface area (Å²) in [5.74, 6) is 2.03. The van der Waals surface area contributed by atoms with Gasteiger partial charge < -0.3 is 8.98 Å². The van der Waals surface area contributed by atoms with Crippen molar-refractivity contribution in [2.24, 2.45) is 7.05 Å². The van der Waals surface area contributed by atoms with E-state index in [2.05, 4.69) is 20.4 Å². The summed E-state index contributed by atoms with van der Waals surface area (Å²) in [7, 11) is 1.93. The van der Waals surface area contributed by atoms with Gasteiger partial charge in [-0.2, -0.15) is 0 Å². The molecule has 0 aliphatic heterocycles. The Hall–Kier alpha value is -2.91. The summed E-state index contributed by atoms with van der Waals surface area (Å²) in [6.07, 6.45) is 0. The summed E-state index contributed by atoms with van der Waals surface area (Å²) < 4.78 is 7.57. The fraction of sp³-hybridized carbons (Fsp3) is 0.150. The molecule has 0 amide bonds. The van der Waals surface area contributed by atoms with Crippen molar-refractivity contribution in [3.63, 3.8) is 0 Å². The van der Waals surface area contributed by atoms with E-state index in [1.54, 1.807) is 12.1 Å². The van der Waals surface area contributed by atoms with Gasteiger partial charge in [0.1, 0.15) is 0 Å². The van der Waals surface area contributed by atoms with Crippen molar-refractivity contribution < 1.29 is 9.21 Å². The van der Waals surface area contributed by atoms with E-state index in [0.29, 0.717) is 22.4 Å². The Morgan fingerprint density at radius 3 is 2.41 bits per heavy atom. The summed E-state index contributed by atoms with van der Waals surface area (Å²) >= 11 is 2.71. The number of carbonyl (C=O) groups is 1. The standard InChI is InChI=1S/C20H17N5O2S2/c1-25-18(15-10-6-3-7-11-15)22-23-19(25)28-13-17-21-24-20(27-17)29-12-16(26)14-8-4-2-5-9-14/h2-11H,12-13H2,1H3. The van der Waals surface area contributed by atoms with Crippen molar-refractivity contribution in [1.29, 1.82) is 0 Å². The van der Waals surface area contributed by atoms with Crippen LogP contribution < -0.4 is 0 Å². The second-order valence-electron chi connectivity index (χ2n) is 6.06. The summed E-state index contributed by atoms with van der Waals surface area (Å²) in [5.41, 5.74) is 1.68. The highest BCUT2D eigenvalue weighted by atomic mass is 32.2. The van der Waals surface area contributed by atoms with Gasteiger partial charge in [-0.3, -0.25) is 4.79 Å². The number of hydrogen-bond acceptors (Lipinski definition) is 8. The molecule has 0 aliphatic carbocycles. The first kappa shape index (κ1) is 19.4. The quantitative estimate of drug-likeness (QED) is 0.309. The lowest BCUT2D eigenvalue weighted by molar-refractivity contribution is 0.102. The molecule has 0 unspecified atom stereocenters. The SMILES string of the molecule is Cn1c(SCc2nnc(SCC(=O)c3ccccc3)o2)nnc1-c1ccccc1. The summed E-state index contributed by atoms with van der Waals surface area (Å²) in [6.45, 7) is 0. The maximum absolute atomic E-state index is 12.2. The molecule has 0 spiro atoms. The molecular formula is C20H17N5O2S2. The van der Waals surface area contributed by atoms with Gasteiger partial charge in [0, 0.05) is 18.2 Å². The number of nitrogens with zero attached hydrogens (tertiary/aromatic N) is 5. The van der Waals surface area contributed by atoms with Crippen LogP contribution in [0.5, 0.6) is 0 Å². The molecule has 2 aromatic carbocycles. The van der Waals surface area contributed by atoms with E-state index in [1.807, 2.05) is 60.1 Å². The second kappa shape index (κ2) is 9.06. The number of carbonyl (C=O) groups excluding carboxylic acids is 1. The van der Waals surface area contributed by atoms with Gasteiger partial charge in [0.25, 0.3) is 5.22 Å². The molecule has 0 saturated carbocycles. The predicted molar refractivity (Wildman–Crippen MR) is 112 cm³/mol. The van der Waals surface area contributed by atoms with Gasteiger partial charge in [-0.05, 0) is 0 Å². The lowest BCUT2D eigenvalue weighted by Crippen LogP contribution is -2.01. The van der Waals surface area contributed by atoms with Crippen molar-refractivity contribution in [2.75, 3.05) is 5.75 Å². The Kier molecular flexibility index (Phi) is 6.06. The minimum absolute atomic E-state index is 0.0252. The molecule has 2 aromatic heterocycles. The smallest absolute Gasteiger partial charge is 0.277 e. The van der Waals surface area contributed by atoms with Crippen LogP contribution in [0.3, 0.4) is 0 Å². The molecule has 146 valence electrons. The molecule has 0 aliphatic rings. The largest absolute Gasteiger partial charge is 0.415 e. The molecule has 0 atom stereocenters. The van der Waals surface area contributed by atoms with Crippen LogP contribution in [0, 0.1) is 0 Å². The zero-order valence-corrected chi connectivity index (χ0v) is 17.2. The number of rotatable bonds is 8. The average Bonchev–Trinajstić information content (AvgIpc) is 3.38. The van der Waals surface area contributed by atoms with Crippen LogP contribution in [0.15, 0.2) is 75.5 Å². The van der Waals surface area contributed by atoms with Crippen LogP contribution in [0.2, 0.25) is 0 Å². The molecule has 0 saturated heterocycles. The second-order valence-corrected chi connectivity index (χ2v) is 7.93. The topological polar surface area (TPSA) is 86.7 Å². The Morgan fingerprint density at radius 1 is 0.931 bits per heavy atom. The third-order valence-electron chi connectivity index (χ3n) is 4.06. The Morgan fingerprint density at radius 2 is 1.66 bits per heavy atom. The number of thioether (sulfide) groups is 2. The molecule has 9 heteroatoms. The first-order valence-corrected chi connectivity index (χ1v) is 10.8. The average molecular weight is 424 g/mol. The van der Waals surface area contributed by atoms with Crippen molar-refractivity contribution in [3.8, 4) is 11.4 Å². The van der Waals surface area contributed by atoms with Crippen molar-refractivity contribution in [1.82, 2.24) is 25.0 Å². The van der Waals surface area contributed by atoms with Gasteiger partial charge in [-0.15, -0.1) is 20.4 Å². The predicted octanol–water partition coefficient (Wildman–Crippen LogP) is 4.13. The maximum Gasteiger partial charge on any atom is 0.277 e. The molecule has 0 radical (unpaired) electrons. The summed E-state index contributed by atoms with van der Waals surface area (Å²) in [5, 5.41) is 17.7. The molecule has 4 rings (SSSR count). The van der Waals surface area contributed by atoms with Gasteiger partial charge in [0.15, 0.2) is 16.8 Å². The molecule has 2 heterocycles. The highest BCUT2D eigenvalue weighted by Crippen LogP contribution is 2.26. The minimum atomic E-state index is 0.0252. The van der Waals surface area contributed by atoms with Crippen LogP contribution in [0.4, 0.5) is 0 Å². The van der Waals surface area contributed by atoms with E-state index < -0.39 is 0 Å². The minimum Gasteiger partial charge on any atom is -0.415 e. The van der Waals surface area contributed by atoms with Crippen LogP contribution in [0.25, 0.3) is 11.4 Å². The van der Waals surface area contributed by atoms with Crippen molar-refractivity contribution in [2.45, 2.75) is 16.1 Å². The Bertz CT molecular complexity index is 1100. The molecular weight excluding hydrogens is 406 g/mol. The Balaban J connectivity index is 1.33. The highest BCUT2D eigenvalue weighted by Gasteiger charge is 2.14. The number of aromatic nitrogens is 5. The number of hydrogen-bond donors (Lipinski definition) is 0. The number of benzene rings is 2. The van der Waals surface area contributed by atoms with Crippen LogP contribution in [-0.2, 0) is 12.8 Å².